The summed E-state index contributed by atoms with van der Waals surface area (Å²) >= 11 is 0. The maximum Gasteiger partial charge on any atom is 0.534 e. The van der Waals surface area contributed by atoms with Crippen molar-refractivity contribution in [3.63, 3.8) is 0 Å². The predicted molar refractivity (Wildman–Crippen MR) is 122 cm³/mol. The first-order valence-electron chi connectivity index (χ1n) is 9.94. The van der Waals surface area contributed by atoms with Gasteiger partial charge in [-0.1, -0.05) is 60.7 Å². The second-order valence-corrected chi connectivity index (χ2v) is 8.97. The smallest absolute Gasteiger partial charge is 0.376 e. The van der Waals surface area contributed by atoms with Gasteiger partial charge in [0, 0.05) is 22.5 Å². The van der Waals surface area contributed by atoms with Gasteiger partial charge >= 0.3 is 15.6 Å². The van der Waals surface area contributed by atoms with Gasteiger partial charge in [0.05, 0.1) is 11.0 Å². The third-order valence-corrected chi connectivity index (χ3v) is 6.32. The molecule has 0 bridgehead atoms. The first-order valence-corrected chi connectivity index (χ1v) is 11.4. The Morgan fingerprint density at radius 2 is 1.33 bits per heavy atom. The van der Waals surface area contributed by atoms with E-state index in [0.29, 0.717) is 5.52 Å². The van der Waals surface area contributed by atoms with Gasteiger partial charge < -0.3 is 8.75 Å². The zero-order valence-electron chi connectivity index (χ0n) is 17.0. The number of aromatic nitrogens is 1. The summed E-state index contributed by atoms with van der Waals surface area (Å²) in [4.78, 5) is 0. The quantitative estimate of drug-likeness (QED) is 0.219. The van der Waals surface area contributed by atoms with Crippen LogP contribution in [0.5, 0.6) is 5.75 Å². The monoisotopic (exact) mass is 467 g/mol. The van der Waals surface area contributed by atoms with E-state index in [1.807, 2.05) is 83.4 Å². The van der Waals surface area contributed by atoms with Gasteiger partial charge in [0.1, 0.15) is 5.75 Å². The van der Waals surface area contributed by atoms with Gasteiger partial charge in [0.2, 0.25) is 0 Å². The van der Waals surface area contributed by atoms with E-state index in [-0.39, 0.29) is 0 Å². The van der Waals surface area contributed by atoms with Crippen LogP contribution in [0.2, 0.25) is 0 Å². The molecule has 166 valence electrons. The molecule has 0 radical (unpaired) electrons. The highest BCUT2D eigenvalue weighted by Gasteiger charge is 2.48. The van der Waals surface area contributed by atoms with Crippen molar-refractivity contribution in [1.82, 2.24) is 4.57 Å². The fraction of sp³-hybridized carbons (Fsp3) is 0.0400. The topological polar surface area (TPSA) is 48.3 Å². The third kappa shape index (κ3) is 3.72. The molecule has 0 amide bonds. The lowest BCUT2D eigenvalue weighted by Crippen LogP contribution is -2.28. The van der Waals surface area contributed by atoms with Crippen LogP contribution in [0.1, 0.15) is 0 Å². The maximum absolute atomic E-state index is 12.8. The Morgan fingerprint density at radius 1 is 0.667 bits per heavy atom. The van der Waals surface area contributed by atoms with E-state index in [9.17, 15) is 21.6 Å². The first kappa shape index (κ1) is 21.1. The van der Waals surface area contributed by atoms with Gasteiger partial charge in [-0.15, -0.1) is 0 Å². The number of alkyl halides is 3. The van der Waals surface area contributed by atoms with E-state index in [4.69, 9.17) is 0 Å². The molecule has 0 spiro atoms. The molecule has 8 heteroatoms. The molecule has 0 N–H and O–H groups in total. The van der Waals surface area contributed by atoms with Crippen molar-refractivity contribution < 1.29 is 25.8 Å². The van der Waals surface area contributed by atoms with Crippen LogP contribution in [0.3, 0.4) is 0 Å². The lowest BCUT2D eigenvalue weighted by molar-refractivity contribution is -0.0500. The number of halogens is 3. The molecule has 0 unspecified atom stereocenters. The molecule has 5 rings (SSSR count). The Bertz CT molecular complexity index is 1590. The molecule has 4 aromatic carbocycles. The number of benzene rings is 4. The molecule has 0 atom stereocenters. The van der Waals surface area contributed by atoms with Crippen LogP contribution in [0.15, 0.2) is 97.1 Å². The number of rotatable bonds is 4. The van der Waals surface area contributed by atoms with Gasteiger partial charge in [-0.25, -0.2) is 0 Å². The average Bonchev–Trinajstić information content (AvgIpc) is 3.12. The van der Waals surface area contributed by atoms with Crippen molar-refractivity contribution in [3.05, 3.63) is 97.1 Å². The second kappa shape index (κ2) is 7.67. The van der Waals surface area contributed by atoms with Crippen LogP contribution in [-0.4, -0.2) is 18.5 Å². The van der Waals surface area contributed by atoms with Gasteiger partial charge in [-0.3, -0.25) is 0 Å². The fourth-order valence-electron chi connectivity index (χ4n) is 3.91. The van der Waals surface area contributed by atoms with Crippen molar-refractivity contribution in [1.29, 1.82) is 0 Å². The summed E-state index contributed by atoms with van der Waals surface area (Å²) in [5, 5.41) is 1.63. The molecule has 0 saturated heterocycles. The van der Waals surface area contributed by atoms with E-state index in [1.54, 1.807) is 6.07 Å². The molecular weight excluding hydrogens is 451 g/mol. The highest BCUT2D eigenvalue weighted by molar-refractivity contribution is 7.88. The van der Waals surface area contributed by atoms with Crippen LogP contribution >= 0.6 is 0 Å². The Labute approximate surface area is 187 Å². The molecular formula is C25H16F3NO3S. The molecule has 5 aromatic rings. The standard InChI is InChI=1S/C25H16F3NO3S/c26-25(27,28)33(30,31)32-20-13-14-22-21-11-4-5-12-23(21)29(24(22)16-20)19-10-6-9-18(15-19)17-7-2-1-3-8-17/h1-16H. The lowest BCUT2D eigenvalue weighted by atomic mass is 10.1. The van der Waals surface area contributed by atoms with Crippen molar-refractivity contribution in [2.75, 3.05) is 0 Å². The van der Waals surface area contributed by atoms with Crippen LogP contribution in [-0.2, 0) is 10.1 Å². The summed E-state index contributed by atoms with van der Waals surface area (Å²) in [5.41, 5.74) is -1.41. The number of fused-ring (bicyclic) bond motifs is 3. The number of hydrogen-bond donors (Lipinski definition) is 0. The molecule has 0 saturated carbocycles. The van der Waals surface area contributed by atoms with Gasteiger partial charge in [-0.2, -0.15) is 21.6 Å². The number of hydrogen-bond acceptors (Lipinski definition) is 3. The average molecular weight is 467 g/mol. The summed E-state index contributed by atoms with van der Waals surface area (Å²) in [7, 11) is -5.78. The maximum atomic E-state index is 12.8. The van der Waals surface area contributed by atoms with Crippen molar-refractivity contribution in [2.45, 2.75) is 5.51 Å². The fourth-order valence-corrected chi connectivity index (χ4v) is 4.36. The summed E-state index contributed by atoms with van der Waals surface area (Å²) in [6.07, 6.45) is 0. The van der Waals surface area contributed by atoms with Crippen molar-refractivity contribution in [3.8, 4) is 22.6 Å². The predicted octanol–water partition coefficient (Wildman–Crippen LogP) is 6.68. The summed E-state index contributed by atoms with van der Waals surface area (Å²) in [6, 6.07) is 29.1. The largest absolute Gasteiger partial charge is 0.534 e. The van der Waals surface area contributed by atoms with Crippen LogP contribution in [0.4, 0.5) is 13.2 Å². The molecule has 33 heavy (non-hydrogen) atoms. The van der Waals surface area contributed by atoms with Crippen molar-refractivity contribution >= 4 is 31.9 Å². The normalized spacial score (nSPS) is 12.3. The Balaban J connectivity index is 1.73. The van der Waals surface area contributed by atoms with E-state index in [1.165, 1.54) is 12.1 Å². The first-order chi connectivity index (χ1) is 15.7. The SMILES string of the molecule is O=S(=O)(Oc1ccc2c3ccccc3n(-c3cccc(-c4ccccc4)c3)c2c1)C(F)(F)F. The Morgan fingerprint density at radius 3 is 2.09 bits per heavy atom. The molecule has 0 aliphatic carbocycles. The highest BCUT2D eigenvalue weighted by Crippen LogP contribution is 2.36. The van der Waals surface area contributed by atoms with E-state index in [0.717, 1.165) is 33.1 Å². The molecule has 0 fully saturated rings. The minimum atomic E-state index is -5.78. The van der Waals surface area contributed by atoms with Crippen LogP contribution < -0.4 is 4.18 Å². The van der Waals surface area contributed by atoms with Crippen molar-refractivity contribution in [2.24, 2.45) is 0 Å². The minimum Gasteiger partial charge on any atom is -0.376 e. The zero-order valence-corrected chi connectivity index (χ0v) is 17.8. The second-order valence-electron chi connectivity index (χ2n) is 7.43. The molecule has 4 nitrogen and oxygen atoms in total. The molecule has 1 heterocycles. The van der Waals surface area contributed by atoms with Gasteiger partial charge in [0.15, 0.2) is 0 Å². The summed E-state index contributed by atoms with van der Waals surface area (Å²) < 4.78 is 67.8. The molecule has 1 aromatic heterocycles. The van der Waals surface area contributed by atoms with E-state index >= 15 is 0 Å². The molecule has 0 aliphatic rings. The van der Waals surface area contributed by atoms with Crippen LogP contribution in [0, 0.1) is 0 Å². The van der Waals surface area contributed by atoms with Gasteiger partial charge in [0.25, 0.3) is 0 Å². The Hall–Kier alpha value is -3.78. The zero-order chi connectivity index (χ0) is 23.2. The summed E-state index contributed by atoms with van der Waals surface area (Å²) in [6.45, 7) is 0. The lowest BCUT2D eigenvalue weighted by Gasteiger charge is -2.12. The number of nitrogens with zero attached hydrogens (tertiary/aromatic N) is 1. The third-order valence-electron chi connectivity index (χ3n) is 5.35. The van der Waals surface area contributed by atoms with E-state index < -0.39 is 21.4 Å². The highest BCUT2D eigenvalue weighted by atomic mass is 32.2. The number of para-hydroxylation sites is 1. The minimum absolute atomic E-state index is 0.414. The van der Waals surface area contributed by atoms with Crippen LogP contribution in [0.25, 0.3) is 38.6 Å². The summed E-state index contributed by atoms with van der Waals surface area (Å²) in [5.74, 6) is -0.414. The molecule has 0 aliphatic heterocycles. The van der Waals surface area contributed by atoms with E-state index in [2.05, 4.69) is 4.18 Å². The van der Waals surface area contributed by atoms with Gasteiger partial charge in [-0.05, 0) is 41.5 Å². The Kier molecular flexibility index (Phi) is 4.90.